The number of carboxylic acid groups (broad SMARTS) is 2. The van der Waals surface area contributed by atoms with Gasteiger partial charge in [-0.3, -0.25) is 9.69 Å². The lowest BCUT2D eigenvalue weighted by atomic mass is 9.86. The topological polar surface area (TPSA) is 104 Å². The van der Waals surface area contributed by atoms with Crippen LogP contribution in [0.2, 0.25) is 0 Å². The molecule has 1 fully saturated rings. The summed E-state index contributed by atoms with van der Waals surface area (Å²) < 4.78 is 6.05. The predicted molar refractivity (Wildman–Crippen MR) is 131 cm³/mol. The maximum absolute atomic E-state index is 12.1. The maximum Gasteiger partial charge on any atom is 0.414 e. The van der Waals surface area contributed by atoms with Gasteiger partial charge in [0.05, 0.1) is 0 Å². The monoisotopic (exact) mass is 475 g/mol. The summed E-state index contributed by atoms with van der Waals surface area (Å²) in [7, 11) is 0. The lowest BCUT2D eigenvalue weighted by molar-refractivity contribution is -0.159. The molecule has 0 bridgehead atoms. The normalized spacial score (nSPS) is 17.2. The van der Waals surface area contributed by atoms with Crippen LogP contribution in [-0.2, 0) is 37.7 Å². The molecule has 1 saturated heterocycles. The van der Waals surface area contributed by atoms with Crippen LogP contribution in [-0.4, -0.2) is 46.1 Å². The molecule has 7 nitrogen and oxygen atoms in total. The Bertz CT molecular complexity index is 1140. The Morgan fingerprint density at radius 2 is 1.37 bits per heavy atom. The molecule has 3 aromatic carbocycles. The van der Waals surface area contributed by atoms with Crippen molar-refractivity contribution in [2.45, 2.75) is 31.9 Å². The molecule has 0 spiro atoms. The van der Waals surface area contributed by atoms with Crippen LogP contribution >= 0.6 is 0 Å². The number of nitrogens with zero attached hydrogens (tertiary/aromatic N) is 1. The zero-order valence-corrected chi connectivity index (χ0v) is 19.6. The van der Waals surface area contributed by atoms with Crippen molar-refractivity contribution in [1.29, 1.82) is 0 Å². The van der Waals surface area contributed by atoms with E-state index in [9.17, 15) is 4.79 Å². The van der Waals surface area contributed by atoms with Crippen molar-refractivity contribution in [3.8, 4) is 0 Å². The second-order valence-corrected chi connectivity index (χ2v) is 8.46. The second-order valence-electron chi connectivity index (χ2n) is 8.46. The molecule has 182 valence electrons. The minimum atomic E-state index is -1.82. The Kier molecular flexibility index (Phi) is 8.75. The van der Waals surface area contributed by atoms with Gasteiger partial charge in [0.25, 0.3) is 0 Å². The summed E-state index contributed by atoms with van der Waals surface area (Å²) in [4.78, 5) is 32.7. The molecule has 1 aliphatic rings. The van der Waals surface area contributed by atoms with Gasteiger partial charge in [-0.2, -0.15) is 0 Å². The van der Waals surface area contributed by atoms with Crippen molar-refractivity contribution >= 4 is 17.9 Å². The van der Waals surface area contributed by atoms with Crippen LogP contribution in [0.25, 0.3) is 0 Å². The highest BCUT2D eigenvalue weighted by molar-refractivity contribution is 6.27. The fourth-order valence-electron chi connectivity index (χ4n) is 4.40. The van der Waals surface area contributed by atoms with Crippen molar-refractivity contribution in [3.05, 3.63) is 107 Å². The van der Waals surface area contributed by atoms with Gasteiger partial charge >= 0.3 is 17.9 Å². The molecule has 1 heterocycles. The number of hydrogen-bond donors (Lipinski definition) is 2. The summed E-state index contributed by atoms with van der Waals surface area (Å²) in [5.41, 5.74) is 4.31. The Morgan fingerprint density at radius 3 is 1.94 bits per heavy atom. The third-order valence-corrected chi connectivity index (χ3v) is 5.83. The number of hydrogen-bond acceptors (Lipinski definition) is 5. The first-order chi connectivity index (χ1) is 16.8. The molecule has 35 heavy (non-hydrogen) atoms. The average Bonchev–Trinajstić information content (AvgIpc) is 3.23. The Labute approximate surface area is 204 Å². The maximum atomic E-state index is 12.1. The van der Waals surface area contributed by atoms with Crippen LogP contribution in [0.4, 0.5) is 0 Å². The number of carbonyl (C=O) groups excluding carboxylic acids is 1. The number of carbonyl (C=O) groups is 3. The number of aliphatic carboxylic acids is 2. The third-order valence-electron chi connectivity index (χ3n) is 5.83. The Balaban J connectivity index is 0.000000509. The number of carboxylic acids is 2. The highest BCUT2D eigenvalue weighted by Crippen LogP contribution is 2.39. The lowest BCUT2D eigenvalue weighted by Crippen LogP contribution is -2.36. The molecular weight excluding hydrogens is 446 g/mol. The van der Waals surface area contributed by atoms with Gasteiger partial charge in [-0.1, -0.05) is 84.9 Å². The molecule has 0 aromatic heterocycles. The van der Waals surface area contributed by atoms with Gasteiger partial charge in [-0.25, -0.2) is 9.59 Å². The smallest absolute Gasteiger partial charge is 0.414 e. The largest absolute Gasteiger partial charge is 0.473 e. The minimum Gasteiger partial charge on any atom is -0.473 e. The number of rotatable bonds is 6. The number of likely N-dealkylation sites (tertiary alicyclic amines) is 1. The third kappa shape index (κ3) is 7.25. The Hall–Kier alpha value is -3.97. The van der Waals surface area contributed by atoms with Gasteiger partial charge in [0.1, 0.15) is 0 Å². The van der Waals surface area contributed by atoms with E-state index >= 15 is 0 Å². The van der Waals surface area contributed by atoms with E-state index in [-0.39, 0.29) is 5.97 Å². The molecule has 0 amide bonds. The first-order valence-electron chi connectivity index (χ1n) is 11.3. The van der Waals surface area contributed by atoms with E-state index in [1.807, 2.05) is 12.1 Å². The van der Waals surface area contributed by atoms with Crippen molar-refractivity contribution in [3.63, 3.8) is 0 Å². The van der Waals surface area contributed by atoms with Crippen LogP contribution in [0.5, 0.6) is 0 Å². The van der Waals surface area contributed by atoms with Crippen LogP contribution in [0.1, 0.15) is 35.6 Å². The fraction of sp³-hybridized carbons (Fsp3) is 0.250. The SMILES string of the molecule is CC(=O)OC1(c2ccccc2Cc2ccccc2)CCN(Cc2ccccc2)C1.O=C(O)C(=O)O. The van der Waals surface area contributed by atoms with Crippen molar-refractivity contribution in [2.75, 3.05) is 13.1 Å². The molecule has 3 aromatic rings. The van der Waals surface area contributed by atoms with Crippen LogP contribution in [0, 0.1) is 0 Å². The van der Waals surface area contributed by atoms with E-state index in [1.165, 1.54) is 23.6 Å². The molecule has 2 N–H and O–H groups in total. The predicted octanol–water partition coefficient (Wildman–Crippen LogP) is 4.10. The van der Waals surface area contributed by atoms with Gasteiger partial charge in [0, 0.05) is 38.5 Å². The molecule has 0 aliphatic carbocycles. The van der Waals surface area contributed by atoms with E-state index < -0.39 is 17.5 Å². The lowest BCUT2D eigenvalue weighted by Gasteiger charge is -2.31. The summed E-state index contributed by atoms with van der Waals surface area (Å²) in [5.74, 6) is -3.87. The number of esters is 1. The standard InChI is InChI=1S/C26H27NO2.C2H2O4/c1-21(28)29-26(16-17-27(20-26)19-23-12-6-3-7-13-23)25-15-9-8-14-24(25)18-22-10-4-2-5-11-22;3-1(4)2(5)6/h2-15H,16-20H2,1H3;(H,3,4)(H,5,6). The zero-order chi connectivity index (χ0) is 25.3. The van der Waals surface area contributed by atoms with Crippen molar-refractivity contribution in [2.24, 2.45) is 0 Å². The first kappa shape index (κ1) is 25.6. The minimum absolute atomic E-state index is 0.221. The summed E-state index contributed by atoms with van der Waals surface area (Å²) >= 11 is 0. The quantitative estimate of drug-likeness (QED) is 0.409. The molecule has 1 atom stereocenters. The summed E-state index contributed by atoms with van der Waals surface area (Å²) in [5, 5.41) is 14.8. The highest BCUT2D eigenvalue weighted by Gasteiger charge is 2.43. The molecule has 0 saturated carbocycles. The van der Waals surface area contributed by atoms with Gasteiger partial charge in [-0.15, -0.1) is 0 Å². The van der Waals surface area contributed by atoms with Crippen LogP contribution in [0.3, 0.4) is 0 Å². The van der Waals surface area contributed by atoms with Gasteiger partial charge in [-0.05, 0) is 23.1 Å². The summed E-state index contributed by atoms with van der Waals surface area (Å²) in [6.45, 7) is 4.00. The highest BCUT2D eigenvalue weighted by atomic mass is 16.6. The summed E-state index contributed by atoms with van der Waals surface area (Å²) in [6.07, 6.45) is 1.64. The zero-order valence-electron chi connectivity index (χ0n) is 19.6. The van der Waals surface area contributed by atoms with E-state index in [0.29, 0.717) is 6.54 Å². The molecular formula is C28H29NO6. The fourth-order valence-corrected chi connectivity index (χ4v) is 4.40. The van der Waals surface area contributed by atoms with Gasteiger partial charge < -0.3 is 14.9 Å². The molecule has 0 radical (unpaired) electrons. The van der Waals surface area contributed by atoms with Crippen molar-refractivity contribution < 1.29 is 29.3 Å². The van der Waals surface area contributed by atoms with E-state index in [1.54, 1.807) is 0 Å². The molecule has 1 aliphatic heterocycles. The van der Waals surface area contributed by atoms with Gasteiger partial charge in [0.15, 0.2) is 5.60 Å². The number of ether oxygens (including phenoxy) is 1. The first-order valence-corrected chi connectivity index (χ1v) is 11.3. The average molecular weight is 476 g/mol. The van der Waals surface area contributed by atoms with Gasteiger partial charge in [0.2, 0.25) is 0 Å². The van der Waals surface area contributed by atoms with Crippen molar-refractivity contribution in [1.82, 2.24) is 4.90 Å². The molecule has 7 heteroatoms. The number of benzene rings is 3. The van der Waals surface area contributed by atoms with Crippen LogP contribution < -0.4 is 0 Å². The second kappa shape index (κ2) is 11.9. The van der Waals surface area contributed by atoms with E-state index in [4.69, 9.17) is 24.5 Å². The van der Waals surface area contributed by atoms with E-state index in [2.05, 4.69) is 77.7 Å². The van der Waals surface area contributed by atoms with E-state index in [0.717, 1.165) is 31.5 Å². The Morgan fingerprint density at radius 1 is 0.829 bits per heavy atom. The molecule has 4 rings (SSSR count). The molecule has 1 unspecified atom stereocenters. The summed E-state index contributed by atoms with van der Waals surface area (Å²) in [6, 6.07) is 29.3. The van der Waals surface area contributed by atoms with Crippen LogP contribution in [0.15, 0.2) is 84.9 Å².